The van der Waals surface area contributed by atoms with E-state index in [-0.39, 0.29) is 12.6 Å². The monoisotopic (exact) mass is 256 g/mol. The van der Waals surface area contributed by atoms with Crippen LogP contribution in [-0.2, 0) is 4.79 Å². The van der Waals surface area contributed by atoms with E-state index >= 15 is 0 Å². The summed E-state index contributed by atoms with van der Waals surface area (Å²) >= 11 is 0. The molecule has 0 bridgehead atoms. The van der Waals surface area contributed by atoms with Crippen molar-refractivity contribution in [2.75, 3.05) is 19.6 Å². The second kappa shape index (κ2) is 7.24. The maximum Gasteiger partial charge on any atom is 0.323 e. The number of aliphatic carboxylic acids is 1. The number of amides is 2. The molecule has 0 aromatic heterocycles. The van der Waals surface area contributed by atoms with Gasteiger partial charge in [0, 0.05) is 13.1 Å². The molecule has 1 saturated carbocycles. The summed E-state index contributed by atoms with van der Waals surface area (Å²) in [6.07, 6.45) is 4.78. The van der Waals surface area contributed by atoms with Gasteiger partial charge in [0.1, 0.15) is 6.54 Å². The lowest BCUT2D eigenvalue weighted by atomic mass is 9.83. The van der Waals surface area contributed by atoms with Crippen molar-refractivity contribution in [3.05, 3.63) is 0 Å². The standard InChI is InChI=1S/C13H24N2O3/c1-3-15(9-12(16)17)13(18)14-8-11-6-4-10(2)5-7-11/h10-11H,3-9H2,1-2H3,(H,14,18)(H,16,17). The summed E-state index contributed by atoms with van der Waals surface area (Å²) in [5.74, 6) is 0.378. The smallest absolute Gasteiger partial charge is 0.323 e. The van der Waals surface area contributed by atoms with Crippen LogP contribution < -0.4 is 5.32 Å². The third-order valence-electron chi connectivity index (χ3n) is 3.67. The lowest BCUT2D eigenvalue weighted by Crippen LogP contribution is -2.44. The van der Waals surface area contributed by atoms with Gasteiger partial charge in [-0.1, -0.05) is 19.8 Å². The first-order valence-corrected chi connectivity index (χ1v) is 6.77. The minimum Gasteiger partial charge on any atom is -0.480 e. The number of nitrogens with zero attached hydrogens (tertiary/aromatic N) is 1. The van der Waals surface area contributed by atoms with Gasteiger partial charge >= 0.3 is 12.0 Å². The molecule has 1 aliphatic carbocycles. The van der Waals surface area contributed by atoms with Crippen LogP contribution in [0, 0.1) is 11.8 Å². The average molecular weight is 256 g/mol. The zero-order valence-electron chi connectivity index (χ0n) is 11.3. The highest BCUT2D eigenvalue weighted by molar-refractivity contribution is 5.79. The third-order valence-corrected chi connectivity index (χ3v) is 3.67. The maximum absolute atomic E-state index is 11.8. The van der Waals surface area contributed by atoms with Gasteiger partial charge in [0.15, 0.2) is 0 Å². The van der Waals surface area contributed by atoms with E-state index in [0.29, 0.717) is 19.0 Å². The molecular weight excluding hydrogens is 232 g/mol. The Morgan fingerprint density at radius 3 is 2.39 bits per heavy atom. The summed E-state index contributed by atoms with van der Waals surface area (Å²) in [5.41, 5.74) is 0. The molecule has 5 heteroatoms. The van der Waals surface area contributed by atoms with Crippen molar-refractivity contribution in [2.24, 2.45) is 11.8 Å². The molecule has 1 fully saturated rings. The molecule has 0 heterocycles. The number of carboxylic acids is 1. The van der Waals surface area contributed by atoms with Gasteiger partial charge in [-0.2, -0.15) is 0 Å². The summed E-state index contributed by atoms with van der Waals surface area (Å²) in [6.45, 7) is 4.90. The highest BCUT2D eigenvalue weighted by atomic mass is 16.4. The van der Waals surface area contributed by atoms with Crippen LogP contribution in [0.1, 0.15) is 39.5 Å². The molecule has 0 atom stereocenters. The molecule has 2 amide bonds. The summed E-state index contributed by atoms with van der Waals surface area (Å²) in [4.78, 5) is 23.7. The van der Waals surface area contributed by atoms with Crippen LogP contribution in [0.2, 0.25) is 0 Å². The van der Waals surface area contributed by atoms with Gasteiger partial charge in [-0.05, 0) is 31.6 Å². The Morgan fingerprint density at radius 1 is 1.28 bits per heavy atom. The van der Waals surface area contributed by atoms with Gasteiger partial charge in [0.25, 0.3) is 0 Å². The highest BCUT2D eigenvalue weighted by Gasteiger charge is 2.20. The third kappa shape index (κ3) is 4.94. The minimum atomic E-state index is -0.974. The highest BCUT2D eigenvalue weighted by Crippen LogP contribution is 2.27. The molecule has 0 saturated heterocycles. The number of hydrogen-bond acceptors (Lipinski definition) is 2. The zero-order valence-corrected chi connectivity index (χ0v) is 11.3. The molecule has 0 spiro atoms. The number of carbonyl (C=O) groups is 2. The normalized spacial score (nSPS) is 23.4. The summed E-state index contributed by atoms with van der Waals surface area (Å²) < 4.78 is 0. The summed E-state index contributed by atoms with van der Waals surface area (Å²) in [6, 6.07) is -0.265. The Kier molecular flexibility index (Phi) is 5.95. The maximum atomic E-state index is 11.8. The molecule has 0 radical (unpaired) electrons. The average Bonchev–Trinajstić information content (AvgIpc) is 2.34. The molecule has 0 aromatic rings. The van der Waals surface area contributed by atoms with Gasteiger partial charge in [-0.15, -0.1) is 0 Å². The van der Waals surface area contributed by atoms with Crippen molar-refractivity contribution < 1.29 is 14.7 Å². The Hall–Kier alpha value is -1.26. The number of nitrogens with one attached hydrogen (secondary N) is 1. The summed E-state index contributed by atoms with van der Waals surface area (Å²) in [5, 5.41) is 11.5. The molecule has 0 aliphatic heterocycles. The lowest BCUT2D eigenvalue weighted by Gasteiger charge is -2.27. The van der Waals surface area contributed by atoms with E-state index in [9.17, 15) is 9.59 Å². The van der Waals surface area contributed by atoms with Crippen molar-refractivity contribution in [1.82, 2.24) is 10.2 Å². The first-order chi connectivity index (χ1) is 8.52. The predicted molar refractivity (Wildman–Crippen MR) is 69.4 cm³/mol. The van der Waals surface area contributed by atoms with E-state index in [2.05, 4.69) is 12.2 Å². The lowest BCUT2D eigenvalue weighted by molar-refractivity contribution is -0.137. The quantitative estimate of drug-likeness (QED) is 0.789. The van der Waals surface area contributed by atoms with Crippen molar-refractivity contribution in [3.63, 3.8) is 0 Å². The number of carboxylic acid groups (broad SMARTS) is 1. The second-order valence-corrected chi connectivity index (χ2v) is 5.22. The number of rotatable bonds is 5. The number of urea groups is 1. The van der Waals surface area contributed by atoms with E-state index in [4.69, 9.17) is 5.11 Å². The van der Waals surface area contributed by atoms with E-state index in [1.54, 1.807) is 6.92 Å². The molecule has 1 aliphatic rings. The molecule has 1 rings (SSSR count). The first-order valence-electron chi connectivity index (χ1n) is 6.77. The predicted octanol–water partition coefficient (Wildman–Crippen LogP) is 1.93. The van der Waals surface area contributed by atoms with Crippen LogP contribution >= 0.6 is 0 Å². The SMILES string of the molecule is CCN(CC(=O)O)C(=O)NCC1CCC(C)CC1. The number of hydrogen-bond donors (Lipinski definition) is 2. The Labute approximate surface area is 109 Å². The van der Waals surface area contributed by atoms with Crippen molar-refractivity contribution in [1.29, 1.82) is 0 Å². The van der Waals surface area contributed by atoms with Crippen LogP contribution in [0.3, 0.4) is 0 Å². The molecule has 18 heavy (non-hydrogen) atoms. The Balaban J connectivity index is 2.28. The van der Waals surface area contributed by atoms with E-state index < -0.39 is 5.97 Å². The van der Waals surface area contributed by atoms with E-state index in [0.717, 1.165) is 18.8 Å². The largest absolute Gasteiger partial charge is 0.480 e. The van der Waals surface area contributed by atoms with Crippen LogP contribution in [-0.4, -0.2) is 41.6 Å². The number of carbonyl (C=O) groups excluding carboxylic acids is 1. The molecular formula is C13H24N2O3. The fraction of sp³-hybridized carbons (Fsp3) is 0.846. The minimum absolute atomic E-state index is 0.232. The fourth-order valence-electron chi connectivity index (χ4n) is 2.37. The van der Waals surface area contributed by atoms with Gasteiger partial charge in [-0.3, -0.25) is 4.79 Å². The van der Waals surface area contributed by atoms with Crippen molar-refractivity contribution in [3.8, 4) is 0 Å². The zero-order chi connectivity index (χ0) is 13.5. The van der Waals surface area contributed by atoms with Crippen LogP contribution in [0.25, 0.3) is 0 Å². The van der Waals surface area contributed by atoms with Crippen LogP contribution in [0.4, 0.5) is 4.79 Å². The topological polar surface area (TPSA) is 69.6 Å². The molecule has 0 aromatic carbocycles. The molecule has 104 valence electrons. The summed E-state index contributed by atoms with van der Waals surface area (Å²) in [7, 11) is 0. The van der Waals surface area contributed by atoms with E-state index in [1.807, 2.05) is 0 Å². The van der Waals surface area contributed by atoms with Gasteiger partial charge in [-0.25, -0.2) is 4.79 Å². The van der Waals surface area contributed by atoms with Crippen LogP contribution in [0.5, 0.6) is 0 Å². The molecule has 5 nitrogen and oxygen atoms in total. The van der Waals surface area contributed by atoms with Gasteiger partial charge in [0.05, 0.1) is 0 Å². The van der Waals surface area contributed by atoms with Crippen molar-refractivity contribution in [2.45, 2.75) is 39.5 Å². The first kappa shape index (κ1) is 14.8. The van der Waals surface area contributed by atoms with Crippen LogP contribution in [0.15, 0.2) is 0 Å². The molecule has 0 unspecified atom stereocenters. The number of likely N-dealkylation sites (N-methyl/N-ethyl adjacent to an activating group) is 1. The van der Waals surface area contributed by atoms with E-state index in [1.165, 1.54) is 17.7 Å². The van der Waals surface area contributed by atoms with Gasteiger partial charge < -0.3 is 15.3 Å². The Morgan fingerprint density at radius 2 is 1.89 bits per heavy atom. The second-order valence-electron chi connectivity index (χ2n) is 5.22. The Bertz CT molecular complexity index is 286. The van der Waals surface area contributed by atoms with Crippen molar-refractivity contribution >= 4 is 12.0 Å². The molecule has 2 N–H and O–H groups in total. The fourth-order valence-corrected chi connectivity index (χ4v) is 2.37. The van der Waals surface area contributed by atoms with Gasteiger partial charge in [0.2, 0.25) is 0 Å².